The van der Waals surface area contributed by atoms with Crippen LogP contribution >= 0.6 is 15.9 Å². The molecular formula is C18H14BrNO4. The van der Waals surface area contributed by atoms with Crippen molar-refractivity contribution in [3.63, 3.8) is 0 Å². The lowest BCUT2D eigenvalue weighted by molar-refractivity contribution is -0.136. The van der Waals surface area contributed by atoms with Gasteiger partial charge in [-0.3, -0.25) is 9.69 Å². The van der Waals surface area contributed by atoms with Gasteiger partial charge in [-0.15, -0.1) is 0 Å². The van der Waals surface area contributed by atoms with E-state index in [2.05, 4.69) is 15.9 Å². The summed E-state index contributed by atoms with van der Waals surface area (Å²) in [6.45, 7) is 1.72. The van der Waals surface area contributed by atoms with Crippen LogP contribution in [0.3, 0.4) is 0 Å². The van der Waals surface area contributed by atoms with Crippen molar-refractivity contribution in [1.82, 2.24) is 0 Å². The zero-order valence-electron chi connectivity index (χ0n) is 13.1. The second kappa shape index (κ2) is 6.49. The Morgan fingerprint density at radius 1 is 1.29 bits per heavy atom. The highest BCUT2D eigenvalue weighted by Gasteiger charge is 2.38. The number of allylic oxidation sites excluding steroid dienone is 1. The highest BCUT2D eigenvalue weighted by Crippen LogP contribution is 2.36. The van der Waals surface area contributed by atoms with Gasteiger partial charge in [-0.1, -0.05) is 22.0 Å². The van der Waals surface area contributed by atoms with Crippen molar-refractivity contribution < 1.29 is 18.7 Å². The first-order chi connectivity index (χ1) is 11.5. The molecule has 2 aromatic rings. The molecule has 0 bridgehead atoms. The van der Waals surface area contributed by atoms with Gasteiger partial charge in [0.2, 0.25) is 0 Å². The van der Waals surface area contributed by atoms with Crippen LogP contribution in [-0.2, 0) is 14.3 Å². The maximum absolute atomic E-state index is 12.9. The van der Waals surface area contributed by atoms with Gasteiger partial charge in [-0.05, 0) is 43.3 Å². The molecule has 5 nitrogen and oxygen atoms in total. The van der Waals surface area contributed by atoms with E-state index in [1.807, 2.05) is 18.2 Å². The second-order valence-corrected chi connectivity index (χ2v) is 6.06. The predicted octanol–water partition coefficient (Wildman–Crippen LogP) is 3.92. The van der Waals surface area contributed by atoms with Crippen molar-refractivity contribution in [1.29, 1.82) is 0 Å². The standard InChI is InChI=1S/C18H14BrNO4/c1-11-16(18(22)23-2)15(10-14-7-4-8-24-14)17(21)20(11)13-6-3-5-12(19)9-13/h3-10H,1-2H3/b15-10-. The number of esters is 1. The number of halogens is 1. The second-order valence-electron chi connectivity index (χ2n) is 5.15. The van der Waals surface area contributed by atoms with Crippen LogP contribution in [-0.4, -0.2) is 19.0 Å². The summed E-state index contributed by atoms with van der Waals surface area (Å²) in [7, 11) is 1.29. The topological polar surface area (TPSA) is 59.8 Å². The van der Waals surface area contributed by atoms with Crippen molar-refractivity contribution in [2.45, 2.75) is 6.92 Å². The number of furan rings is 1. The SMILES string of the molecule is COC(=O)C1=C(C)N(c2cccc(Br)c2)C(=O)/C1=C\c1ccco1. The molecule has 1 aromatic carbocycles. The van der Waals surface area contributed by atoms with Crippen LogP contribution < -0.4 is 4.90 Å². The third kappa shape index (κ3) is 2.80. The van der Waals surface area contributed by atoms with Crippen LogP contribution in [0.2, 0.25) is 0 Å². The molecule has 6 heteroatoms. The molecule has 0 spiro atoms. The molecule has 0 N–H and O–H groups in total. The minimum atomic E-state index is -0.559. The number of carbonyl (C=O) groups excluding carboxylic acids is 2. The van der Waals surface area contributed by atoms with Crippen LogP contribution in [0.5, 0.6) is 0 Å². The molecule has 2 heterocycles. The van der Waals surface area contributed by atoms with E-state index < -0.39 is 5.97 Å². The van der Waals surface area contributed by atoms with E-state index in [0.717, 1.165) is 4.47 Å². The van der Waals surface area contributed by atoms with Crippen LogP contribution in [0, 0.1) is 0 Å². The molecule has 122 valence electrons. The number of anilines is 1. The third-order valence-corrected chi connectivity index (χ3v) is 4.18. The van der Waals surface area contributed by atoms with Gasteiger partial charge in [0.15, 0.2) is 0 Å². The lowest BCUT2D eigenvalue weighted by atomic mass is 10.1. The number of rotatable bonds is 3. The molecule has 3 rings (SSSR count). The Hall–Kier alpha value is -2.60. The first kappa shape index (κ1) is 16.3. The van der Waals surface area contributed by atoms with Crippen molar-refractivity contribution in [3.8, 4) is 0 Å². The van der Waals surface area contributed by atoms with Gasteiger partial charge in [0.05, 0.1) is 30.2 Å². The smallest absolute Gasteiger partial charge is 0.340 e. The molecule has 1 aliphatic heterocycles. The summed E-state index contributed by atoms with van der Waals surface area (Å²) in [5, 5.41) is 0. The first-order valence-electron chi connectivity index (χ1n) is 7.17. The fourth-order valence-electron chi connectivity index (χ4n) is 2.62. The van der Waals surface area contributed by atoms with E-state index in [1.165, 1.54) is 18.3 Å². The molecule has 24 heavy (non-hydrogen) atoms. The maximum atomic E-state index is 12.9. The summed E-state index contributed by atoms with van der Waals surface area (Å²) in [5.74, 6) is -0.373. The number of ether oxygens (including phenoxy) is 1. The Balaban J connectivity index is 2.15. The van der Waals surface area contributed by atoms with Crippen LogP contribution in [0.1, 0.15) is 12.7 Å². The average molecular weight is 388 g/mol. The number of hydrogen-bond donors (Lipinski definition) is 0. The van der Waals surface area contributed by atoms with Crippen molar-refractivity contribution in [2.24, 2.45) is 0 Å². The summed E-state index contributed by atoms with van der Waals surface area (Å²) in [6, 6.07) is 10.7. The van der Waals surface area contributed by atoms with Gasteiger partial charge < -0.3 is 9.15 Å². The molecule has 0 fully saturated rings. The Labute approximate surface area is 147 Å². The van der Waals surface area contributed by atoms with Gasteiger partial charge in [-0.2, -0.15) is 0 Å². The van der Waals surface area contributed by atoms with Gasteiger partial charge in [-0.25, -0.2) is 4.79 Å². The molecule has 0 atom stereocenters. The van der Waals surface area contributed by atoms with Crippen molar-refractivity contribution >= 4 is 39.6 Å². The molecule has 0 saturated heterocycles. The van der Waals surface area contributed by atoms with Gasteiger partial charge in [0.25, 0.3) is 5.91 Å². The normalized spacial score (nSPS) is 16.2. The summed E-state index contributed by atoms with van der Waals surface area (Å²) in [4.78, 5) is 26.6. The summed E-state index contributed by atoms with van der Waals surface area (Å²) >= 11 is 3.40. The fourth-order valence-corrected chi connectivity index (χ4v) is 3.01. The molecule has 0 radical (unpaired) electrons. The van der Waals surface area contributed by atoms with Gasteiger partial charge in [0, 0.05) is 10.2 Å². The minimum absolute atomic E-state index is 0.235. The Morgan fingerprint density at radius 2 is 2.08 bits per heavy atom. The van der Waals surface area contributed by atoms with Gasteiger partial charge >= 0.3 is 5.97 Å². The first-order valence-corrected chi connectivity index (χ1v) is 7.97. The van der Waals surface area contributed by atoms with Crippen LogP contribution in [0.25, 0.3) is 6.08 Å². The third-order valence-electron chi connectivity index (χ3n) is 3.69. The average Bonchev–Trinajstić information content (AvgIpc) is 3.14. The number of hydrogen-bond acceptors (Lipinski definition) is 4. The molecule has 0 saturated carbocycles. The Kier molecular flexibility index (Phi) is 4.40. The Bertz CT molecular complexity index is 865. The van der Waals surface area contributed by atoms with E-state index in [1.54, 1.807) is 31.2 Å². The number of nitrogens with zero attached hydrogens (tertiary/aromatic N) is 1. The highest BCUT2D eigenvalue weighted by atomic mass is 79.9. The highest BCUT2D eigenvalue weighted by molar-refractivity contribution is 9.10. The minimum Gasteiger partial charge on any atom is -0.465 e. The predicted molar refractivity (Wildman–Crippen MR) is 93.0 cm³/mol. The zero-order valence-corrected chi connectivity index (χ0v) is 14.7. The molecule has 1 aliphatic rings. The zero-order chi connectivity index (χ0) is 17.3. The fraction of sp³-hybridized carbons (Fsp3) is 0.111. The number of carbonyl (C=O) groups is 2. The summed E-state index contributed by atoms with van der Waals surface area (Å²) < 4.78 is 11.0. The van der Waals surface area contributed by atoms with E-state index in [0.29, 0.717) is 17.1 Å². The number of benzene rings is 1. The lowest BCUT2D eigenvalue weighted by Crippen LogP contribution is -2.24. The molecule has 0 aliphatic carbocycles. The summed E-state index contributed by atoms with van der Waals surface area (Å²) in [6.07, 6.45) is 3.06. The molecule has 0 unspecified atom stereocenters. The summed E-state index contributed by atoms with van der Waals surface area (Å²) in [5.41, 5.74) is 1.66. The number of methoxy groups -OCH3 is 1. The molecule has 1 aromatic heterocycles. The van der Waals surface area contributed by atoms with E-state index >= 15 is 0 Å². The number of amides is 1. The largest absolute Gasteiger partial charge is 0.465 e. The Morgan fingerprint density at radius 3 is 2.71 bits per heavy atom. The van der Waals surface area contributed by atoms with E-state index in [9.17, 15) is 9.59 Å². The van der Waals surface area contributed by atoms with Crippen molar-refractivity contribution in [2.75, 3.05) is 12.0 Å². The quantitative estimate of drug-likeness (QED) is 0.591. The van der Waals surface area contributed by atoms with E-state index in [4.69, 9.17) is 9.15 Å². The molecule has 1 amide bonds. The lowest BCUT2D eigenvalue weighted by Gasteiger charge is -2.18. The van der Waals surface area contributed by atoms with Crippen LogP contribution in [0.15, 0.2) is 68.4 Å². The van der Waals surface area contributed by atoms with Crippen molar-refractivity contribution in [3.05, 3.63) is 69.7 Å². The maximum Gasteiger partial charge on any atom is 0.340 e. The van der Waals surface area contributed by atoms with Gasteiger partial charge in [0.1, 0.15) is 5.76 Å². The monoisotopic (exact) mass is 387 g/mol. The molecular weight excluding hydrogens is 374 g/mol. The van der Waals surface area contributed by atoms with E-state index in [-0.39, 0.29) is 17.1 Å². The van der Waals surface area contributed by atoms with Crippen LogP contribution in [0.4, 0.5) is 5.69 Å².